The summed E-state index contributed by atoms with van der Waals surface area (Å²) in [5.41, 5.74) is -0.492. The van der Waals surface area contributed by atoms with Crippen molar-refractivity contribution in [3.05, 3.63) is 10.7 Å². The second kappa shape index (κ2) is 5.15. The first-order valence-electron chi connectivity index (χ1n) is 6.53. The third kappa shape index (κ3) is 3.11. The van der Waals surface area contributed by atoms with Gasteiger partial charge in [0.2, 0.25) is 0 Å². The van der Waals surface area contributed by atoms with Gasteiger partial charge >= 0.3 is 6.09 Å². The smallest absolute Gasteiger partial charge is 0.416 e. The lowest BCUT2D eigenvalue weighted by Gasteiger charge is -2.34. The number of anilines is 1. The van der Waals surface area contributed by atoms with Crippen molar-refractivity contribution in [3.8, 4) is 0 Å². The molecule has 0 saturated heterocycles. The first-order chi connectivity index (χ1) is 8.81. The van der Waals surface area contributed by atoms with Gasteiger partial charge in [0.25, 0.3) is 0 Å². The molecule has 2 rings (SSSR count). The molecule has 0 saturated carbocycles. The summed E-state index contributed by atoms with van der Waals surface area (Å²) in [6, 6.07) is 0. The lowest BCUT2D eigenvalue weighted by atomic mass is 10.0. The van der Waals surface area contributed by atoms with E-state index in [1.54, 1.807) is 11.1 Å². The third-order valence-electron chi connectivity index (χ3n) is 3.09. The van der Waals surface area contributed by atoms with E-state index in [4.69, 9.17) is 4.74 Å². The fourth-order valence-corrected chi connectivity index (χ4v) is 2.65. The zero-order valence-corrected chi connectivity index (χ0v) is 13.4. The van der Waals surface area contributed by atoms with Gasteiger partial charge in [-0.3, -0.25) is 4.90 Å². The first kappa shape index (κ1) is 14.4. The monoisotopic (exact) mass is 329 g/mol. The van der Waals surface area contributed by atoms with Crippen LogP contribution in [-0.4, -0.2) is 28.0 Å². The van der Waals surface area contributed by atoms with E-state index >= 15 is 0 Å². The molecule has 0 aromatic carbocycles. The summed E-state index contributed by atoms with van der Waals surface area (Å²) in [5, 5.41) is 4.30. The third-order valence-corrected chi connectivity index (χ3v) is 3.65. The summed E-state index contributed by atoms with van der Waals surface area (Å²) >= 11 is 3.45. The van der Waals surface area contributed by atoms with Crippen LogP contribution in [0.3, 0.4) is 0 Å². The predicted octanol–water partition coefficient (Wildman–Crippen LogP) is 3.43. The van der Waals surface area contributed by atoms with Crippen molar-refractivity contribution in [2.45, 2.75) is 46.3 Å². The zero-order valence-electron chi connectivity index (χ0n) is 11.8. The summed E-state index contributed by atoms with van der Waals surface area (Å²) in [5.74, 6) is 1.20. The van der Waals surface area contributed by atoms with E-state index < -0.39 is 5.60 Å². The molecule has 6 heteroatoms. The van der Waals surface area contributed by atoms with Gasteiger partial charge in [-0.1, -0.05) is 6.92 Å². The molecule has 19 heavy (non-hydrogen) atoms. The molecule has 1 unspecified atom stereocenters. The molecular formula is C13H20BrN3O2. The maximum atomic E-state index is 12.3. The lowest BCUT2D eigenvalue weighted by molar-refractivity contribution is 0.0562. The van der Waals surface area contributed by atoms with Gasteiger partial charge < -0.3 is 4.74 Å². The molecule has 0 radical (unpaired) electrons. The van der Waals surface area contributed by atoms with Crippen LogP contribution >= 0.6 is 15.9 Å². The van der Waals surface area contributed by atoms with Crippen molar-refractivity contribution in [2.75, 3.05) is 11.4 Å². The summed E-state index contributed by atoms with van der Waals surface area (Å²) in [6.45, 7) is 9.27. The SMILES string of the molecule is CCC1CN(C(=O)OC(C)(C)C)c2c(Br)cnn2C1. The fraction of sp³-hybridized carbons (Fsp3) is 0.692. The van der Waals surface area contributed by atoms with Gasteiger partial charge in [0.05, 0.1) is 10.7 Å². The largest absolute Gasteiger partial charge is 0.443 e. The Hall–Kier alpha value is -1.04. The summed E-state index contributed by atoms with van der Waals surface area (Å²) in [6.07, 6.45) is 2.43. The molecule has 0 N–H and O–H groups in total. The number of rotatable bonds is 1. The van der Waals surface area contributed by atoms with E-state index in [0.29, 0.717) is 12.5 Å². The highest BCUT2D eigenvalue weighted by atomic mass is 79.9. The van der Waals surface area contributed by atoms with E-state index in [1.807, 2.05) is 25.5 Å². The Labute approximate surface area is 122 Å². The Balaban J connectivity index is 2.28. The highest BCUT2D eigenvalue weighted by Crippen LogP contribution is 2.32. The summed E-state index contributed by atoms with van der Waals surface area (Å²) in [4.78, 5) is 14.0. The molecule has 2 heterocycles. The molecule has 0 bridgehead atoms. The number of amides is 1. The summed E-state index contributed by atoms with van der Waals surface area (Å²) < 4.78 is 8.17. The van der Waals surface area contributed by atoms with Crippen molar-refractivity contribution < 1.29 is 9.53 Å². The molecule has 1 atom stereocenters. The Morgan fingerprint density at radius 3 is 2.79 bits per heavy atom. The minimum atomic E-state index is -0.492. The van der Waals surface area contributed by atoms with E-state index in [-0.39, 0.29) is 6.09 Å². The van der Waals surface area contributed by atoms with E-state index in [9.17, 15) is 4.79 Å². The van der Waals surface area contributed by atoms with Gasteiger partial charge in [-0.05, 0) is 49.0 Å². The van der Waals surface area contributed by atoms with Gasteiger partial charge in [0.15, 0.2) is 5.82 Å². The quantitative estimate of drug-likeness (QED) is 0.793. The van der Waals surface area contributed by atoms with Gasteiger partial charge in [-0.15, -0.1) is 0 Å². The van der Waals surface area contributed by atoms with Crippen LogP contribution in [0.1, 0.15) is 34.1 Å². The van der Waals surface area contributed by atoms with Crippen LogP contribution in [0.25, 0.3) is 0 Å². The number of halogens is 1. The molecule has 0 spiro atoms. The highest BCUT2D eigenvalue weighted by Gasteiger charge is 2.33. The minimum absolute atomic E-state index is 0.312. The highest BCUT2D eigenvalue weighted by molar-refractivity contribution is 9.10. The van der Waals surface area contributed by atoms with Crippen molar-refractivity contribution in [1.82, 2.24) is 9.78 Å². The number of hydrogen-bond acceptors (Lipinski definition) is 3. The maximum Gasteiger partial charge on any atom is 0.416 e. The minimum Gasteiger partial charge on any atom is -0.443 e. The van der Waals surface area contributed by atoms with Crippen LogP contribution in [0.2, 0.25) is 0 Å². The molecule has 106 valence electrons. The van der Waals surface area contributed by atoms with Gasteiger partial charge in [0, 0.05) is 13.1 Å². The topological polar surface area (TPSA) is 47.4 Å². The molecule has 1 aliphatic heterocycles. The first-order valence-corrected chi connectivity index (χ1v) is 7.33. The van der Waals surface area contributed by atoms with Crippen LogP contribution in [-0.2, 0) is 11.3 Å². The second-order valence-electron chi connectivity index (χ2n) is 5.86. The number of fused-ring (bicyclic) bond motifs is 1. The van der Waals surface area contributed by atoms with Crippen LogP contribution < -0.4 is 4.90 Å². The number of aromatic nitrogens is 2. The van der Waals surface area contributed by atoms with Crippen LogP contribution in [0.5, 0.6) is 0 Å². The Bertz CT molecular complexity index is 479. The average molecular weight is 330 g/mol. The molecule has 0 fully saturated rings. The zero-order chi connectivity index (χ0) is 14.2. The van der Waals surface area contributed by atoms with Crippen molar-refractivity contribution in [2.24, 2.45) is 5.92 Å². The number of carbonyl (C=O) groups is 1. The number of ether oxygens (including phenoxy) is 1. The predicted molar refractivity (Wildman–Crippen MR) is 77.3 cm³/mol. The van der Waals surface area contributed by atoms with Crippen molar-refractivity contribution in [1.29, 1.82) is 0 Å². The standard InChI is InChI=1S/C13H20BrN3O2/c1-5-9-7-16(12(18)19-13(2,3)4)11-10(14)6-15-17(11)8-9/h6,9H,5,7-8H2,1-4H3. The van der Waals surface area contributed by atoms with Gasteiger partial charge in [0.1, 0.15) is 5.60 Å². The van der Waals surface area contributed by atoms with Gasteiger partial charge in [-0.2, -0.15) is 5.10 Å². The van der Waals surface area contributed by atoms with Crippen molar-refractivity contribution in [3.63, 3.8) is 0 Å². The molecular weight excluding hydrogens is 310 g/mol. The normalized spacial score (nSPS) is 19.2. The summed E-state index contributed by atoms with van der Waals surface area (Å²) in [7, 11) is 0. The lowest BCUT2D eigenvalue weighted by Crippen LogP contribution is -2.44. The Morgan fingerprint density at radius 2 is 2.21 bits per heavy atom. The van der Waals surface area contributed by atoms with Crippen LogP contribution in [0.4, 0.5) is 10.6 Å². The van der Waals surface area contributed by atoms with Gasteiger partial charge in [-0.25, -0.2) is 9.48 Å². The molecule has 5 nitrogen and oxygen atoms in total. The van der Waals surface area contributed by atoms with Crippen molar-refractivity contribution >= 4 is 27.8 Å². The van der Waals surface area contributed by atoms with Crippen LogP contribution in [0, 0.1) is 5.92 Å². The number of carbonyl (C=O) groups excluding carboxylic acids is 1. The molecule has 1 amide bonds. The molecule has 0 aliphatic carbocycles. The van der Waals surface area contributed by atoms with E-state index in [2.05, 4.69) is 28.0 Å². The van der Waals surface area contributed by atoms with Crippen LogP contribution in [0.15, 0.2) is 10.7 Å². The Morgan fingerprint density at radius 1 is 1.53 bits per heavy atom. The van der Waals surface area contributed by atoms with E-state index in [0.717, 1.165) is 23.3 Å². The molecule has 1 aromatic heterocycles. The maximum absolute atomic E-state index is 12.3. The second-order valence-corrected chi connectivity index (χ2v) is 6.72. The Kier molecular flexibility index (Phi) is 3.90. The number of nitrogens with zero attached hydrogens (tertiary/aromatic N) is 3. The molecule has 1 aromatic rings. The molecule has 1 aliphatic rings. The fourth-order valence-electron chi connectivity index (χ4n) is 2.14. The number of hydrogen-bond donors (Lipinski definition) is 0. The average Bonchev–Trinajstić information content (AvgIpc) is 2.68. The van der Waals surface area contributed by atoms with E-state index in [1.165, 1.54) is 0 Å².